The Bertz CT molecular complexity index is 753. The first kappa shape index (κ1) is 21.5. The first-order valence-electron chi connectivity index (χ1n) is 9.87. The SMILES string of the molecule is CCCCc1ccc(NC(=O)c2ccc(O[C@@H](C)C(=O)OCCC)cc2)cc1. The lowest BCUT2D eigenvalue weighted by atomic mass is 10.1. The Kier molecular flexibility index (Phi) is 8.53. The Balaban J connectivity index is 1.89. The zero-order chi connectivity index (χ0) is 20.4. The van der Waals surface area contributed by atoms with Gasteiger partial charge < -0.3 is 14.8 Å². The number of unbranched alkanes of at least 4 members (excludes halogenated alkanes) is 1. The van der Waals surface area contributed by atoms with Crippen LogP contribution in [-0.2, 0) is 16.0 Å². The van der Waals surface area contributed by atoms with E-state index in [0.29, 0.717) is 17.9 Å². The van der Waals surface area contributed by atoms with Gasteiger partial charge in [-0.2, -0.15) is 0 Å². The molecule has 0 radical (unpaired) electrons. The highest BCUT2D eigenvalue weighted by Crippen LogP contribution is 2.17. The molecule has 2 aromatic carbocycles. The average molecular weight is 383 g/mol. The molecule has 1 atom stereocenters. The van der Waals surface area contributed by atoms with Crippen LogP contribution < -0.4 is 10.1 Å². The van der Waals surface area contributed by atoms with Crippen LogP contribution in [0.2, 0.25) is 0 Å². The van der Waals surface area contributed by atoms with Crippen molar-refractivity contribution in [3.05, 3.63) is 59.7 Å². The van der Waals surface area contributed by atoms with Crippen LogP contribution in [0.3, 0.4) is 0 Å². The molecule has 0 spiro atoms. The number of esters is 1. The fraction of sp³-hybridized carbons (Fsp3) is 0.391. The number of anilines is 1. The molecule has 5 nitrogen and oxygen atoms in total. The molecule has 0 aliphatic rings. The second kappa shape index (κ2) is 11.1. The van der Waals surface area contributed by atoms with Gasteiger partial charge in [-0.1, -0.05) is 32.4 Å². The van der Waals surface area contributed by atoms with Gasteiger partial charge in [0, 0.05) is 11.3 Å². The minimum Gasteiger partial charge on any atom is -0.479 e. The van der Waals surface area contributed by atoms with E-state index in [-0.39, 0.29) is 5.91 Å². The molecule has 5 heteroatoms. The first-order valence-corrected chi connectivity index (χ1v) is 9.87. The number of ether oxygens (including phenoxy) is 2. The van der Waals surface area contributed by atoms with Crippen molar-refractivity contribution < 1.29 is 19.1 Å². The molecular weight excluding hydrogens is 354 g/mol. The predicted octanol–water partition coefficient (Wildman–Crippen LogP) is 5.00. The second-order valence-corrected chi connectivity index (χ2v) is 6.71. The Labute approximate surface area is 167 Å². The third kappa shape index (κ3) is 6.72. The second-order valence-electron chi connectivity index (χ2n) is 6.71. The van der Waals surface area contributed by atoms with E-state index in [0.717, 1.165) is 31.4 Å². The fourth-order valence-electron chi connectivity index (χ4n) is 2.60. The summed E-state index contributed by atoms with van der Waals surface area (Å²) in [6, 6.07) is 14.6. The van der Waals surface area contributed by atoms with Crippen LogP contribution in [0.15, 0.2) is 48.5 Å². The summed E-state index contributed by atoms with van der Waals surface area (Å²) in [5.41, 5.74) is 2.55. The smallest absolute Gasteiger partial charge is 0.347 e. The van der Waals surface area contributed by atoms with Crippen molar-refractivity contribution in [1.29, 1.82) is 0 Å². The fourth-order valence-corrected chi connectivity index (χ4v) is 2.60. The highest BCUT2D eigenvalue weighted by Gasteiger charge is 2.16. The summed E-state index contributed by atoms with van der Waals surface area (Å²) in [4.78, 5) is 24.2. The predicted molar refractivity (Wildman–Crippen MR) is 111 cm³/mol. The lowest BCUT2D eigenvalue weighted by molar-refractivity contribution is -0.151. The molecule has 2 aromatic rings. The van der Waals surface area contributed by atoms with E-state index in [1.165, 1.54) is 5.56 Å². The van der Waals surface area contributed by atoms with Gasteiger partial charge in [0.1, 0.15) is 5.75 Å². The maximum Gasteiger partial charge on any atom is 0.347 e. The Hall–Kier alpha value is -2.82. The van der Waals surface area contributed by atoms with Crippen LogP contribution in [-0.4, -0.2) is 24.6 Å². The summed E-state index contributed by atoms with van der Waals surface area (Å²) < 4.78 is 10.6. The van der Waals surface area contributed by atoms with Crippen molar-refractivity contribution in [1.82, 2.24) is 0 Å². The standard InChI is InChI=1S/C23H29NO4/c1-4-6-7-18-8-12-20(13-9-18)24-22(25)19-10-14-21(15-11-19)28-17(3)23(26)27-16-5-2/h8-15,17H,4-7,16H2,1-3H3,(H,24,25)/t17-/m0/s1. The van der Waals surface area contributed by atoms with Gasteiger partial charge in [-0.3, -0.25) is 4.79 Å². The minimum atomic E-state index is -0.697. The molecule has 0 heterocycles. The summed E-state index contributed by atoms with van der Waals surface area (Å²) in [5, 5.41) is 2.89. The van der Waals surface area contributed by atoms with Gasteiger partial charge >= 0.3 is 5.97 Å². The number of hydrogen-bond donors (Lipinski definition) is 1. The monoisotopic (exact) mass is 383 g/mol. The summed E-state index contributed by atoms with van der Waals surface area (Å²) in [6.45, 7) is 6.13. The van der Waals surface area contributed by atoms with Crippen LogP contribution >= 0.6 is 0 Å². The molecule has 0 aromatic heterocycles. The van der Waals surface area contributed by atoms with E-state index in [9.17, 15) is 9.59 Å². The summed E-state index contributed by atoms with van der Waals surface area (Å²) in [5.74, 6) is -0.0768. The Morgan fingerprint density at radius 3 is 2.25 bits per heavy atom. The molecule has 0 aliphatic carbocycles. The van der Waals surface area contributed by atoms with Gasteiger partial charge in [-0.15, -0.1) is 0 Å². The highest BCUT2D eigenvalue weighted by molar-refractivity contribution is 6.04. The van der Waals surface area contributed by atoms with E-state index >= 15 is 0 Å². The van der Waals surface area contributed by atoms with Crippen molar-refractivity contribution in [3.8, 4) is 5.75 Å². The zero-order valence-corrected chi connectivity index (χ0v) is 16.9. The minimum absolute atomic E-state index is 0.191. The van der Waals surface area contributed by atoms with Gasteiger partial charge in [0.2, 0.25) is 0 Å². The lowest BCUT2D eigenvalue weighted by Gasteiger charge is -2.14. The number of rotatable bonds is 10. The molecule has 0 saturated heterocycles. The molecule has 28 heavy (non-hydrogen) atoms. The van der Waals surface area contributed by atoms with E-state index < -0.39 is 12.1 Å². The number of benzene rings is 2. The van der Waals surface area contributed by atoms with Crippen LogP contribution in [0.1, 0.15) is 56.0 Å². The van der Waals surface area contributed by atoms with E-state index in [1.807, 2.05) is 31.2 Å². The number of carbonyl (C=O) groups excluding carboxylic acids is 2. The molecule has 0 fully saturated rings. The topological polar surface area (TPSA) is 64.6 Å². The Morgan fingerprint density at radius 1 is 0.964 bits per heavy atom. The normalized spacial score (nSPS) is 11.5. The van der Waals surface area contributed by atoms with Crippen molar-refractivity contribution in [2.24, 2.45) is 0 Å². The molecule has 1 N–H and O–H groups in total. The van der Waals surface area contributed by atoms with Crippen LogP contribution in [0.4, 0.5) is 5.69 Å². The molecular formula is C23H29NO4. The molecule has 0 unspecified atom stereocenters. The van der Waals surface area contributed by atoms with E-state index in [1.54, 1.807) is 31.2 Å². The number of carbonyl (C=O) groups is 2. The Morgan fingerprint density at radius 2 is 1.64 bits per heavy atom. The number of nitrogens with one attached hydrogen (secondary N) is 1. The van der Waals surface area contributed by atoms with Crippen LogP contribution in [0.5, 0.6) is 5.75 Å². The van der Waals surface area contributed by atoms with Gasteiger partial charge in [0.15, 0.2) is 6.10 Å². The van der Waals surface area contributed by atoms with Crippen molar-refractivity contribution in [2.45, 2.75) is 52.6 Å². The van der Waals surface area contributed by atoms with Crippen molar-refractivity contribution in [2.75, 3.05) is 11.9 Å². The van der Waals surface area contributed by atoms with Gasteiger partial charge in [-0.05, 0) is 68.1 Å². The van der Waals surface area contributed by atoms with Gasteiger partial charge in [0.25, 0.3) is 5.91 Å². The quantitative estimate of drug-likeness (QED) is 0.586. The van der Waals surface area contributed by atoms with Gasteiger partial charge in [0.05, 0.1) is 6.61 Å². The largest absolute Gasteiger partial charge is 0.479 e. The van der Waals surface area contributed by atoms with E-state index in [4.69, 9.17) is 9.47 Å². The molecule has 0 saturated carbocycles. The molecule has 0 bridgehead atoms. The van der Waals surface area contributed by atoms with E-state index in [2.05, 4.69) is 12.2 Å². The van der Waals surface area contributed by atoms with Crippen molar-refractivity contribution in [3.63, 3.8) is 0 Å². The number of amides is 1. The lowest BCUT2D eigenvalue weighted by Crippen LogP contribution is -2.26. The first-order chi connectivity index (χ1) is 13.5. The highest BCUT2D eigenvalue weighted by atomic mass is 16.6. The van der Waals surface area contributed by atoms with Crippen molar-refractivity contribution >= 4 is 17.6 Å². The third-order valence-electron chi connectivity index (χ3n) is 4.24. The molecule has 2 rings (SSSR count). The van der Waals surface area contributed by atoms with Crippen LogP contribution in [0, 0.1) is 0 Å². The zero-order valence-electron chi connectivity index (χ0n) is 16.9. The molecule has 0 aliphatic heterocycles. The summed E-state index contributed by atoms with van der Waals surface area (Å²) in [7, 11) is 0. The summed E-state index contributed by atoms with van der Waals surface area (Å²) >= 11 is 0. The number of hydrogen-bond acceptors (Lipinski definition) is 4. The van der Waals surface area contributed by atoms with Gasteiger partial charge in [-0.25, -0.2) is 4.79 Å². The van der Waals surface area contributed by atoms with Crippen LogP contribution in [0.25, 0.3) is 0 Å². The maximum atomic E-state index is 12.4. The maximum absolute atomic E-state index is 12.4. The number of aryl methyl sites for hydroxylation is 1. The molecule has 1 amide bonds. The average Bonchev–Trinajstić information content (AvgIpc) is 2.71. The molecule has 150 valence electrons. The third-order valence-corrected chi connectivity index (χ3v) is 4.24. The summed E-state index contributed by atoms with van der Waals surface area (Å²) in [6.07, 6.45) is 3.45.